The highest BCUT2D eigenvalue weighted by Gasteiger charge is 2.45. The standard InChI is InChI=1S/C26H33N3O5S2/c1-8-14-29(15-9-2)36(32,33)18-12-10-17(11-13-18)22(30)27-23-20(24(31)34-7)19-16-25(3,4)28-26(5,6)21(19)35-23/h8-13,28H,1-2,14-16H2,3-7H3,(H,27,30)/p+1. The van der Waals surface area contributed by atoms with Crippen molar-refractivity contribution in [2.45, 2.75) is 50.1 Å². The molecule has 2 aromatic rings. The van der Waals surface area contributed by atoms with Crippen molar-refractivity contribution in [1.29, 1.82) is 0 Å². The Morgan fingerprint density at radius 2 is 1.72 bits per heavy atom. The van der Waals surface area contributed by atoms with Crippen LogP contribution < -0.4 is 10.6 Å². The van der Waals surface area contributed by atoms with Gasteiger partial charge < -0.3 is 15.4 Å². The molecule has 0 fully saturated rings. The van der Waals surface area contributed by atoms with Crippen LogP contribution in [0.2, 0.25) is 0 Å². The van der Waals surface area contributed by atoms with E-state index in [1.807, 2.05) is 0 Å². The first-order valence-corrected chi connectivity index (χ1v) is 13.8. The summed E-state index contributed by atoms with van der Waals surface area (Å²) in [7, 11) is -2.45. The van der Waals surface area contributed by atoms with Gasteiger partial charge in [0.15, 0.2) is 0 Å². The summed E-state index contributed by atoms with van der Waals surface area (Å²) in [5, 5.41) is 5.56. The van der Waals surface area contributed by atoms with Crippen molar-refractivity contribution in [3.63, 3.8) is 0 Å². The first-order valence-electron chi connectivity index (χ1n) is 11.5. The molecule has 1 aliphatic heterocycles. The number of nitrogens with one attached hydrogen (secondary N) is 1. The zero-order valence-electron chi connectivity index (χ0n) is 21.4. The molecule has 10 heteroatoms. The number of thiophene rings is 1. The Morgan fingerprint density at radius 1 is 1.14 bits per heavy atom. The Balaban J connectivity index is 1.94. The second-order valence-electron chi connectivity index (χ2n) is 10.0. The summed E-state index contributed by atoms with van der Waals surface area (Å²) in [6.45, 7) is 15.9. The molecule has 194 valence electrons. The lowest BCUT2D eigenvalue weighted by atomic mass is 9.81. The molecule has 0 radical (unpaired) electrons. The smallest absolute Gasteiger partial charge is 0.341 e. The molecule has 0 aliphatic carbocycles. The van der Waals surface area contributed by atoms with Gasteiger partial charge in [0.05, 0.1) is 28.0 Å². The van der Waals surface area contributed by atoms with Crippen molar-refractivity contribution in [2.24, 2.45) is 0 Å². The number of nitrogens with zero attached hydrogens (tertiary/aromatic N) is 1. The summed E-state index contributed by atoms with van der Waals surface area (Å²) in [5.41, 5.74) is 1.12. The molecule has 0 spiro atoms. The monoisotopic (exact) mass is 532 g/mol. The Kier molecular flexibility index (Phi) is 7.95. The zero-order valence-corrected chi connectivity index (χ0v) is 23.0. The fourth-order valence-corrected chi connectivity index (χ4v) is 7.43. The molecule has 0 saturated heterocycles. The van der Waals surface area contributed by atoms with Crippen molar-refractivity contribution in [2.75, 3.05) is 25.5 Å². The number of anilines is 1. The summed E-state index contributed by atoms with van der Waals surface area (Å²) in [4.78, 5) is 27.0. The first-order chi connectivity index (χ1) is 16.8. The lowest BCUT2D eigenvalue weighted by Crippen LogP contribution is -3.03. The summed E-state index contributed by atoms with van der Waals surface area (Å²) >= 11 is 1.37. The molecule has 2 heterocycles. The summed E-state index contributed by atoms with van der Waals surface area (Å²) < 4.78 is 32.2. The molecule has 8 nitrogen and oxygen atoms in total. The van der Waals surface area contributed by atoms with Crippen LogP contribution in [0.25, 0.3) is 0 Å². The lowest BCUT2D eigenvalue weighted by molar-refractivity contribution is -0.789. The maximum atomic E-state index is 13.1. The highest BCUT2D eigenvalue weighted by atomic mass is 32.2. The number of rotatable bonds is 9. The van der Waals surface area contributed by atoms with E-state index in [1.165, 1.54) is 59.2 Å². The van der Waals surface area contributed by atoms with Crippen molar-refractivity contribution >= 4 is 38.2 Å². The number of hydrogen-bond acceptors (Lipinski definition) is 6. The van der Waals surface area contributed by atoms with E-state index in [9.17, 15) is 18.0 Å². The molecule has 1 aromatic heterocycles. The Labute approximate surface area is 217 Å². The van der Waals surface area contributed by atoms with Crippen molar-refractivity contribution in [1.82, 2.24) is 4.31 Å². The first kappa shape index (κ1) is 27.8. The van der Waals surface area contributed by atoms with E-state index < -0.39 is 21.9 Å². The minimum Gasteiger partial charge on any atom is -0.465 e. The van der Waals surface area contributed by atoms with Crippen molar-refractivity contribution in [3.05, 3.63) is 71.1 Å². The molecule has 1 amide bonds. The molecular weight excluding hydrogens is 498 g/mol. The minimum absolute atomic E-state index is 0.0594. The normalized spacial score (nSPS) is 16.2. The molecule has 3 rings (SSSR count). The number of quaternary nitrogens is 1. The number of esters is 1. The average Bonchev–Trinajstić information content (AvgIpc) is 3.15. The van der Waals surface area contributed by atoms with Crippen molar-refractivity contribution < 1.29 is 28.1 Å². The second-order valence-corrected chi connectivity index (χ2v) is 13.0. The summed E-state index contributed by atoms with van der Waals surface area (Å²) in [6.07, 6.45) is 3.66. The number of methoxy groups -OCH3 is 1. The van der Waals surface area contributed by atoms with E-state index >= 15 is 0 Å². The van der Waals surface area contributed by atoms with Crippen LogP contribution in [0.4, 0.5) is 5.00 Å². The third-order valence-corrected chi connectivity index (χ3v) is 9.35. The number of carbonyl (C=O) groups excluding carboxylic acids is 2. The van der Waals surface area contributed by atoms with Gasteiger partial charge in [0.25, 0.3) is 5.91 Å². The number of fused-ring (bicyclic) bond motifs is 1. The molecular formula is C26H34N3O5S2+. The molecule has 0 atom stereocenters. The third kappa shape index (κ3) is 5.46. The number of ether oxygens (including phenoxy) is 1. The van der Waals surface area contributed by atoms with Crippen LogP contribution in [0.3, 0.4) is 0 Å². The number of nitrogens with two attached hydrogens (primary N) is 1. The van der Waals surface area contributed by atoms with Gasteiger partial charge in [-0.25, -0.2) is 13.2 Å². The van der Waals surface area contributed by atoms with Gasteiger partial charge in [-0.3, -0.25) is 4.79 Å². The number of carbonyl (C=O) groups is 2. The minimum atomic E-state index is -3.78. The number of sulfonamides is 1. The zero-order chi connectivity index (χ0) is 26.9. The van der Waals surface area contributed by atoms with E-state index in [1.54, 1.807) is 0 Å². The molecule has 36 heavy (non-hydrogen) atoms. The Bertz CT molecular complexity index is 1280. The summed E-state index contributed by atoms with van der Waals surface area (Å²) in [5.74, 6) is -0.944. The predicted molar refractivity (Wildman–Crippen MR) is 142 cm³/mol. The molecule has 0 bridgehead atoms. The van der Waals surface area contributed by atoms with Gasteiger partial charge >= 0.3 is 5.97 Å². The lowest BCUT2D eigenvalue weighted by Gasteiger charge is -2.38. The molecule has 0 saturated carbocycles. The molecule has 3 N–H and O–H groups in total. The maximum absolute atomic E-state index is 13.1. The van der Waals surface area contributed by atoms with Gasteiger partial charge in [0.2, 0.25) is 10.0 Å². The fourth-order valence-electron chi connectivity index (χ4n) is 4.77. The largest absolute Gasteiger partial charge is 0.465 e. The van der Waals surface area contributed by atoms with Gasteiger partial charge in [-0.2, -0.15) is 4.31 Å². The molecule has 0 unspecified atom stereocenters. The van der Waals surface area contributed by atoms with Crippen LogP contribution in [0, 0.1) is 0 Å². The fraction of sp³-hybridized carbons (Fsp3) is 0.385. The van der Waals surface area contributed by atoms with E-state index in [2.05, 4.69) is 51.5 Å². The quantitative estimate of drug-likeness (QED) is 0.381. The van der Waals surface area contributed by atoms with Crippen LogP contribution in [0.15, 0.2) is 54.5 Å². The number of benzene rings is 1. The maximum Gasteiger partial charge on any atom is 0.341 e. The highest BCUT2D eigenvalue weighted by Crippen LogP contribution is 2.42. The van der Waals surface area contributed by atoms with Crippen LogP contribution in [0.5, 0.6) is 0 Å². The topological polar surface area (TPSA) is 109 Å². The number of hydrogen-bond donors (Lipinski definition) is 2. The average molecular weight is 533 g/mol. The van der Waals surface area contributed by atoms with Gasteiger partial charge in [-0.05, 0) is 57.5 Å². The van der Waals surface area contributed by atoms with Crippen LogP contribution in [0.1, 0.15) is 58.9 Å². The van der Waals surface area contributed by atoms with Crippen LogP contribution >= 0.6 is 11.3 Å². The van der Waals surface area contributed by atoms with Gasteiger partial charge in [0.1, 0.15) is 10.5 Å². The third-order valence-electron chi connectivity index (χ3n) is 6.01. The van der Waals surface area contributed by atoms with E-state index in [0.29, 0.717) is 17.0 Å². The van der Waals surface area contributed by atoms with Crippen molar-refractivity contribution in [3.8, 4) is 0 Å². The summed E-state index contributed by atoms with van der Waals surface area (Å²) in [6, 6.07) is 5.69. The molecule has 1 aromatic carbocycles. The molecule has 1 aliphatic rings. The van der Waals surface area contributed by atoms with Gasteiger partial charge in [-0.15, -0.1) is 24.5 Å². The van der Waals surface area contributed by atoms with Crippen LogP contribution in [-0.4, -0.2) is 50.3 Å². The predicted octanol–water partition coefficient (Wildman–Crippen LogP) is 3.28. The van der Waals surface area contributed by atoms with Crippen LogP contribution in [-0.2, 0) is 26.7 Å². The van der Waals surface area contributed by atoms with Gasteiger partial charge in [-0.1, -0.05) is 12.2 Å². The Morgan fingerprint density at radius 3 is 2.25 bits per heavy atom. The highest BCUT2D eigenvalue weighted by molar-refractivity contribution is 7.89. The number of amides is 1. The SMILES string of the molecule is C=CCN(CC=C)S(=O)(=O)c1ccc(C(=O)Nc2sc3c(c2C(=O)OC)CC(C)(C)[NH2+]C3(C)C)cc1. The van der Waals surface area contributed by atoms with E-state index in [-0.39, 0.29) is 34.6 Å². The van der Waals surface area contributed by atoms with Gasteiger partial charge in [0, 0.05) is 25.1 Å². The Hall–Kier alpha value is -2.79. The van der Waals surface area contributed by atoms with E-state index in [0.717, 1.165) is 10.4 Å². The van der Waals surface area contributed by atoms with E-state index in [4.69, 9.17) is 4.74 Å². The second kappa shape index (κ2) is 10.3.